The summed E-state index contributed by atoms with van der Waals surface area (Å²) in [4.78, 5) is 16.6. The summed E-state index contributed by atoms with van der Waals surface area (Å²) in [5, 5.41) is 3.17. The number of nitrogens with zero attached hydrogens (tertiary/aromatic N) is 1. The second kappa shape index (κ2) is 11.4. The zero-order valence-electron chi connectivity index (χ0n) is 16.0. The molecule has 0 radical (unpaired) electrons. The van der Waals surface area contributed by atoms with E-state index in [9.17, 15) is 18.0 Å². The molecule has 0 bridgehead atoms. The van der Waals surface area contributed by atoms with Crippen molar-refractivity contribution in [2.24, 2.45) is 0 Å². The van der Waals surface area contributed by atoms with E-state index in [2.05, 4.69) is 10.3 Å². The van der Waals surface area contributed by atoms with Crippen molar-refractivity contribution in [1.82, 2.24) is 10.3 Å². The Bertz CT molecular complexity index is 874. The molecule has 2 rings (SSSR count). The van der Waals surface area contributed by atoms with Gasteiger partial charge >= 0.3 is 6.08 Å². The minimum atomic E-state index is -2.32. The van der Waals surface area contributed by atoms with Gasteiger partial charge < -0.3 is 14.8 Å². The summed E-state index contributed by atoms with van der Waals surface area (Å²) in [6.07, 6.45) is -0.686. The van der Waals surface area contributed by atoms with Gasteiger partial charge in [-0.25, -0.2) is 9.37 Å². The summed E-state index contributed by atoms with van der Waals surface area (Å²) < 4.78 is 47.6. The van der Waals surface area contributed by atoms with Crippen LogP contribution >= 0.6 is 11.8 Å². The molecule has 1 N–H and O–H groups in total. The Morgan fingerprint density at radius 2 is 1.90 bits per heavy atom. The maximum atomic E-state index is 12.9. The van der Waals surface area contributed by atoms with Crippen molar-refractivity contribution in [2.45, 2.75) is 17.9 Å². The van der Waals surface area contributed by atoms with Crippen molar-refractivity contribution in [3.8, 4) is 11.5 Å². The van der Waals surface area contributed by atoms with Crippen LogP contribution in [0.4, 0.5) is 13.2 Å². The lowest BCUT2D eigenvalue weighted by Gasteiger charge is -2.11. The SMILES string of the molecule is COc1ccc(CCNC(=O)c2cccnc2SCCC(F)=C(F)F)cc1OC. The number of nitrogens with one attached hydrogen (secondary N) is 1. The van der Waals surface area contributed by atoms with Gasteiger partial charge in [-0.15, -0.1) is 11.8 Å². The van der Waals surface area contributed by atoms with E-state index >= 15 is 0 Å². The second-order valence-corrected chi connectivity index (χ2v) is 6.90. The molecule has 0 aliphatic heterocycles. The normalized spacial score (nSPS) is 10.4. The van der Waals surface area contributed by atoms with Crippen molar-refractivity contribution in [1.29, 1.82) is 0 Å². The molecule has 2 aromatic rings. The number of hydrogen-bond acceptors (Lipinski definition) is 5. The highest BCUT2D eigenvalue weighted by Gasteiger charge is 2.14. The number of methoxy groups -OCH3 is 2. The summed E-state index contributed by atoms with van der Waals surface area (Å²) in [5.74, 6) is -0.515. The molecule has 1 amide bonds. The fraction of sp³-hybridized carbons (Fsp3) is 0.300. The Labute approximate surface area is 171 Å². The number of pyridine rings is 1. The third kappa shape index (κ3) is 6.70. The molecule has 9 heteroatoms. The Balaban J connectivity index is 1.93. The molecule has 1 heterocycles. The first-order valence-corrected chi connectivity index (χ1v) is 9.71. The van der Waals surface area contributed by atoms with Crippen LogP contribution in [0.25, 0.3) is 0 Å². The predicted molar refractivity (Wildman–Crippen MR) is 106 cm³/mol. The van der Waals surface area contributed by atoms with Crippen molar-refractivity contribution in [3.05, 3.63) is 59.6 Å². The molecule has 0 aliphatic carbocycles. The standard InChI is InChI=1S/C20H21F3N2O3S/c1-27-16-6-5-13(12-17(16)28-2)7-10-24-19(26)14-4-3-9-25-20(14)29-11-8-15(21)18(22)23/h3-6,9,12H,7-8,10-11H2,1-2H3,(H,24,26). The first kappa shape index (κ1) is 22.6. The third-order valence-corrected chi connectivity index (χ3v) is 4.94. The smallest absolute Gasteiger partial charge is 0.301 e. The summed E-state index contributed by atoms with van der Waals surface area (Å²) in [5.41, 5.74) is 1.27. The number of aromatic nitrogens is 1. The first-order chi connectivity index (χ1) is 14.0. The van der Waals surface area contributed by atoms with E-state index in [0.29, 0.717) is 35.1 Å². The molecular weight excluding hydrogens is 405 g/mol. The van der Waals surface area contributed by atoms with Gasteiger partial charge in [-0.2, -0.15) is 8.78 Å². The van der Waals surface area contributed by atoms with Gasteiger partial charge in [0, 0.05) is 24.9 Å². The van der Waals surface area contributed by atoms with Crippen LogP contribution < -0.4 is 14.8 Å². The fourth-order valence-corrected chi connectivity index (χ4v) is 3.39. The van der Waals surface area contributed by atoms with Gasteiger partial charge in [0.25, 0.3) is 5.91 Å². The van der Waals surface area contributed by atoms with E-state index in [-0.39, 0.29) is 11.7 Å². The molecular formula is C20H21F3N2O3S. The van der Waals surface area contributed by atoms with Crippen LogP contribution in [0.5, 0.6) is 11.5 Å². The molecule has 29 heavy (non-hydrogen) atoms. The Hall–Kier alpha value is -2.68. The lowest BCUT2D eigenvalue weighted by atomic mass is 10.1. The molecule has 0 fully saturated rings. The third-order valence-electron chi connectivity index (χ3n) is 3.93. The topological polar surface area (TPSA) is 60.5 Å². The van der Waals surface area contributed by atoms with Crippen LogP contribution in [0.2, 0.25) is 0 Å². The number of rotatable bonds is 10. The molecule has 1 aromatic carbocycles. The van der Waals surface area contributed by atoms with Crippen LogP contribution in [0.3, 0.4) is 0 Å². The summed E-state index contributed by atoms with van der Waals surface area (Å²) >= 11 is 1.05. The molecule has 0 saturated carbocycles. The first-order valence-electron chi connectivity index (χ1n) is 8.72. The van der Waals surface area contributed by atoms with Gasteiger partial charge in [0.2, 0.25) is 0 Å². The number of thioether (sulfide) groups is 1. The van der Waals surface area contributed by atoms with E-state index in [0.717, 1.165) is 17.3 Å². The van der Waals surface area contributed by atoms with E-state index < -0.39 is 18.3 Å². The number of ether oxygens (including phenoxy) is 2. The van der Waals surface area contributed by atoms with Crippen LogP contribution in [0, 0.1) is 0 Å². The van der Waals surface area contributed by atoms with Crippen LogP contribution in [-0.4, -0.2) is 37.4 Å². The lowest BCUT2D eigenvalue weighted by molar-refractivity contribution is 0.0950. The summed E-state index contributed by atoms with van der Waals surface area (Å²) in [6, 6.07) is 8.70. The zero-order valence-corrected chi connectivity index (χ0v) is 16.8. The lowest BCUT2D eigenvalue weighted by Crippen LogP contribution is -2.26. The van der Waals surface area contributed by atoms with Gasteiger partial charge in [-0.05, 0) is 36.2 Å². The largest absolute Gasteiger partial charge is 0.493 e. The predicted octanol–water partition coefficient (Wildman–Crippen LogP) is 4.63. The minimum Gasteiger partial charge on any atom is -0.493 e. The molecule has 0 aliphatic rings. The highest BCUT2D eigenvalue weighted by Crippen LogP contribution is 2.27. The average molecular weight is 426 g/mol. The number of amides is 1. The fourth-order valence-electron chi connectivity index (χ4n) is 2.46. The van der Waals surface area contributed by atoms with Gasteiger partial charge in [-0.3, -0.25) is 4.79 Å². The van der Waals surface area contributed by atoms with Gasteiger partial charge in [0.05, 0.1) is 19.8 Å². The van der Waals surface area contributed by atoms with Gasteiger partial charge in [-0.1, -0.05) is 6.07 Å². The van der Waals surface area contributed by atoms with Crippen molar-refractivity contribution >= 4 is 17.7 Å². The maximum Gasteiger partial charge on any atom is 0.301 e. The highest BCUT2D eigenvalue weighted by atomic mass is 32.2. The number of carbonyl (C=O) groups excluding carboxylic acids is 1. The number of allylic oxidation sites excluding steroid dienone is 1. The molecule has 0 unspecified atom stereocenters. The van der Waals surface area contributed by atoms with Gasteiger partial charge in [0.1, 0.15) is 5.03 Å². The highest BCUT2D eigenvalue weighted by molar-refractivity contribution is 7.99. The number of hydrogen-bond donors (Lipinski definition) is 1. The Morgan fingerprint density at radius 1 is 1.14 bits per heavy atom. The summed E-state index contributed by atoms with van der Waals surface area (Å²) in [6.45, 7) is 0.373. The second-order valence-electron chi connectivity index (χ2n) is 5.82. The average Bonchev–Trinajstić information content (AvgIpc) is 2.73. The van der Waals surface area contributed by atoms with Crippen LogP contribution in [0.1, 0.15) is 22.3 Å². The van der Waals surface area contributed by atoms with E-state index in [1.807, 2.05) is 12.1 Å². The van der Waals surface area contributed by atoms with E-state index in [1.54, 1.807) is 32.4 Å². The van der Waals surface area contributed by atoms with Gasteiger partial charge in [0.15, 0.2) is 17.3 Å². The van der Waals surface area contributed by atoms with E-state index in [1.165, 1.54) is 6.20 Å². The molecule has 0 atom stereocenters. The molecule has 5 nitrogen and oxygen atoms in total. The number of benzene rings is 1. The number of carbonyl (C=O) groups is 1. The molecule has 0 saturated heterocycles. The monoisotopic (exact) mass is 426 g/mol. The quantitative estimate of drug-likeness (QED) is 0.562. The van der Waals surface area contributed by atoms with E-state index in [4.69, 9.17) is 9.47 Å². The van der Waals surface area contributed by atoms with Crippen molar-refractivity contribution < 1.29 is 27.4 Å². The molecule has 1 aromatic heterocycles. The van der Waals surface area contributed by atoms with Crippen molar-refractivity contribution in [3.63, 3.8) is 0 Å². The van der Waals surface area contributed by atoms with Crippen molar-refractivity contribution in [2.75, 3.05) is 26.5 Å². The Kier molecular flexibility index (Phi) is 8.85. The zero-order chi connectivity index (χ0) is 21.2. The molecule has 156 valence electrons. The Morgan fingerprint density at radius 3 is 2.59 bits per heavy atom. The maximum absolute atomic E-state index is 12.9. The number of halogens is 3. The van der Waals surface area contributed by atoms with Crippen LogP contribution in [-0.2, 0) is 6.42 Å². The molecule has 0 spiro atoms. The minimum absolute atomic E-state index is 0.0477. The summed E-state index contributed by atoms with van der Waals surface area (Å²) in [7, 11) is 3.11. The van der Waals surface area contributed by atoms with Crippen LogP contribution in [0.15, 0.2) is 53.5 Å².